The fourth-order valence-corrected chi connectivity index (χ4v) is 4.90. The lowest BCUT2D eigenvalue weighted by Crippen LogP contribution is -2.37. The standard InChI is InChI=1S/C28H32N2O5/c31-26(30-20-10-8-9-19(17-20)27(32)33)15-2-1-7-16-29-28(34)35-18-25-23-13-5-3-11-21(23)22-12-4-6-14-24(22)25/h3-6,8,10-14,19-20,25H,1-2,7,9,15-18H2,(H,29,34)(H,30,31)(H,32,33). The van der Waals surface area contributed by atoms with Crippen LogP contribution >= 0.6 is 0 Å². The van der Waals surface area contributed by atoms with Crippen LogP contribution in [0.3, 0.4) is 0 Å². The van der Waals surface area contributed by atoms with Crippen molar-refractivity contribution in [2.24, 2.45) is 5.92 Å². The number of amides is 2. The Kier molecular flexibility index (Phi) is 8.19. The lowest BCUT2D eigenvalue weighted by Gasteiger charge is -2.22. The first-order valence-electron chi connectivity index (χ1n) is 12.3. The summed E-state index contributed by atoms with van der Waals surface area (Å²) in [6.07, 6.45) is 6.85. The molecule has 0 aliphatic heterocycles. The third-order valence-electron chi connectivity index (χ3n) is 6.72. The molecule has 2 unspecified atom stereocenters. The van der Waals surface area contributed by atoms with E-state index in [4.69, 9.17) is 9.84 Å². The fourth-order valence-electron chi connectivity index (χ4n) is 4.90. The molecular formula is C28H32N2O5. The topological polar surface area (TPSA) is 105 Å². The Labute approximate surface area is 205 Å². The summed E-state index contributed by atoms with van der Waals surface area (Å²) < 4.78 is 5.53. The van der Waals surface area contributed by atoms with Gasteiger partial charge in [-0.15, -0.1) is 0 Å². The Morgan fingerprint density at radius 2 is 1.63 bits per heavy atom. The molecule has 2 amide bonds. The first kappa shape index (κ1) is 24.5. The van der Waals surface area contributed by atoms with Crippen molar-refractivity contribution in [3.63, 3.8) is 0 Å². The second-order valence-corrected chi connectivity index (χ2v) is 9.17. The van der Waals surface area contributed by atoms with Gasteiger partial charge in [-0.3, -0.25) is 9.59 Å². The summed E-state index contributed by atoms with van der Waals surface area (Å²) in [5.74, 6) is -1.29. The predicted molar refractivity (Wildman–Crippen MR) is 133 cm³/mol. The quantitative estimate of drug-likeness (QED) is 0.343. The van der Waals surface area contributed by atoms with Crippen molar-refractivity contribution in [3.05, 3.63) is 71.8 Å². The van der Waals surface area contributed by atoms with Gasteiger partial charge in [-0.1, -0.05) is 67.1 Å². The number of hydrogen-bond donors (Lipinski definition) is 3. The van der Waals surface area contributed by atoms with E-state index in [9.17, 15) is 14.4 Å². The molecule has 0 radical (unpaired) electrons. The number of alkyl carbamates (subject to hydrolysis) is 1. The number of benzene rings is 2. The van der Waals surface area contributed by atoms with Gasteiger partial charge in [0.1, 0.15) is 6.61 Å². The van der Waals surface area contributed by atoms with Gasteiger partial charge in [-0.05, 0) is 47.9 Å². The van der Waals surface area contributed by atoms with Crippen molar-refractivity contribution in [2.75, 3.05) is 13.2 Å². The van der Waals surface area contributed by atoms with Crippen LogP contribution in [0.15, 0.2) is 60.7 Å². The highest BCUT2D eigenvalue weighted by molar-refractivity contribution is 5.79. The second kappa shape index (κ2) is 11.7. The zero-order valence-corrected chi connectivity index (χ0v) is 19.7. The lowest BCUT2D eigenvalue weighted by molar-refractivity contribution is -0.142. The number of unbranched alkanes of at least 4 members (excludes halogenated alkanes) is 2. The molecule has 0 spiro atoms. The number of carboxylic acids is 1. The van der Waals surface area contributed by atoms with Crippen LogP contribution < -0.4 is 10.6 Å². The zero-order chi connectivity index (χ0) is 24.6. The Morgan fingerprint density at radius 3 is 2.31 bits per heavy atom. The Hall–Kier alpha value is -3.61. The number of allylic oxidation sites excluding steroid dienone is 1. The molecule has 0 saturated carbocycles. The molecule has 2 atom stereocenters. The minimum Gasteiger partial charge on any atom is -0.481 e. The largest absolute Gasteiger partial charge is 0.481 e. The van der Waals surface area contributed by atoms with Gasteiger partial charge in [0.25, 0.3) is 0 Å². The summed E-state index contributed by atoms with van der Waals surface area (Å²) in [7, 11) is 0. The van der Waals surface area contributed by atoms with Crippen molar-refractivity contribution in [1.29, 1.82) is 0 Å². The molecule has 7 heteroatoms. The molecule has 2 aromatic rings. The van der Waals surface area contributed by atoms with Crippen LogP contribution in [-0.4, -0.2) is 42.3 Å². The zero-order valence-electron chi connectivity index (χ0n) is 19.7. The minimum absolute atomic E-state index is 0.0384. The van der Waals surface area contributed by atoms with Gasteiger partial charge in [0, 0.05) is 24.9 Å². The third-order valence-corrected chi connectivity index (χ3v) is 6.72. The van der Waals surface area contributed by atoms with E-state index >= 15 is 0 Å². The van der Waals surface area contributed by atoms with Gasteiger partial charge in [0.05, 0.1) is 5.92 Å². The molecule has 2 aromatic carbocycles. The molecule has 7 nitrogen and oxygen atoms in total. The average Bonchev–Trinajstić information content (AvgIpc) is 3.18. The van der Waals surface area contributed by atoms with E-state index < -0.39 is 18.0 Å². The maximum Gasteiger partial charge on any atom is 0.407 e. The van der Waals surface area contributed by atoms with Crippen molar-refractivity contribution in [1.82, 2.24) is 10.6 Å². The van der Waals surface area contributed by atoms with E-state index in [2.05, 4.69) is 34.9 Å². The van der Waals surface area contributed by atoms with Gasteiger partial charge >= 0.3 is 12.1 Å². The van der Waals surface area contributed by atoms with Crippen molar-refractivity contribution in [3.8, 4) is 11.1 Å². The predicted octanol–water partition coefficient (Wildman–Crippen LogP) is 4.62. The molecule has 4 rings (SSSR count). The molecule has 0 heterocycles. The Balaban J connectivity index is 1.11. The number of ether oxygens (including phenoxy) is 1. The van der Waals surface area contributed by atoms with Crippen molar-refractivity contribution >= 4 is 18.0 Å². The highest BCUT2D eigenvalue weighted by atomic mass is 16.5. The van der Waals surface area contributed by atoms with E-state index in [1.165, 1.54) is 22.3 Å². The Bertz CT molecular complexity index is 1050. The number of rotatable bonds is 10. The van der Waals surface area contributed by atoms with E-state index in [-0.39, 0.29) is 17.9 Å². The molecule has 0 aromatic heterocycles. The van der Waals surface area contributed by atoms with Crippen LogP contribution in [0, 0.1) is 5.92 Å². The minimum atomic E-state index is -0.822. The number of carbonyl (C=O) groups is 3. The average molecular weight is 477 g/mol. The number of aliphatic carboxylic acids is 1. The number of carboxylic acid groups (broad SMARTS) is 1. The van der Waals surface area contributed by atoms with Crippen LogP contribution in [0.5, 0.6) is 0 Å². The summed E-state index contributed by atoms with van der Waals surface area (Å²) in [5, 5.41) is 14.8. The first-order chi connectivity index (χ1) is 17.0. The van der Waals surface area contributed by atoms with E-state index in [1.807, 2.05) is 36.4 Å². The van der Waals surface area contributed by atoms with E-state index in [0.29, 0.717) is 38.8 Å². The second-order valence-electron chi connectivity index (χ2n) is 9.17. The highest BCUT2D eigenvalue weighted by Crippen LogP contribution is 2.44. The molecule has 2 aliphatic carbocycles. The number of hydrogen-bond acceptors (Lipinski definition) is 4. The van der Waals surface area contributed by atoms with Crippen LogP contribution in [0.2, 0.25) is 0 Å². The van der Waals surface area contributed by atoms with Crippen molar-refractivity contribution < 1.29 is 24.2 Å². The van der Waals surface area contributed by atoms with Crippen LogP contribution in [0.1, 0.15) is 55.6 Å². The summed E-state index contributed by atoms with van der Waals surface area (Å²) in [6, 6.07) is 16.2. The number of fused-ring (bicyclic) bond motifs is 3. The Morgan fingerprint density at radius 1 is 0.943 bits per heavy atom. The SMILES string of the molecule is O=C(CCCCCNC(=O)OCC1c2ccccc2-c2ccccc21)NC1C=CCC(C(=O)O)C1. The van der Waals surface area contributed by atoms with Crippen LogP contribution in [0.4, 0.5) is 4.79 Å². The van der Waals surface area contributed by atoms with Gasteiger partial charge in [0.2, 0.25) is 5.91 Å². The monoisotopic (exact) mass is 476 g/mol. The summed E-state index contributed by atoms with van der Waals surface area (Å²) >= 11 is 0. The summed E-state index contributed by atoms with van der Waals surface area (Å²) in [5.41, 5.74) is 4.76. The molecule has 0 bridgehead atoms. The molecule has 2 aliphatic rings. The van der Waals surface area contributed by atoms with Crippen molar-refractivity contribution in [2.45, 2.75) is 50.5 Å². The maximum absolute atomic E-state index is 12.2. The first-order valence-corrected chi connectivity index (χ1v) is 12.3. The normalized spacial score (nSPS) is 18.4. The summed E-state index contributed by atoms with van der Waals surface area (Å²) in [4.78, 5) is 35.5. The highest BCUT2D eigenvalue weighted by Gasteiger charge is 2.29. The van der Waals surface area contributed by atoms with E-state index in [1.54, 1.807) is 0 Å². The van der Waals surface area contributed by atoms with Gasteiger partial charge < -0.3 is 20.5 Å². The molecule has 184 valence electrons. The molecule has 35 heavy (non-hydrogen) atoms. The molecule has 3 N–H and O–H groups in total. The number of carbonyl (C=O) groups excluding carboxylic acids is 2. The molecular weight excluding hydrogens is 444 g/mol. The van der Waals surface area contributed by atoms with Crippen LogP contribution in [-0.2, 0) is 14.3 Å². The lowest BCUT2D eigenvalue weighted by atomic mass is 9.91. The summed E-state index contributed by atoms with van der Waals surface area (Å²) in [6.45, 7) is 0.780. The van der Waals surface area contributed by atoms with Gasteiger partial charge in [-0.2, -0.15) is 0 Å². The van der Waals surface area contributed by atoms with E-state index in [0.717, 1.165) is 12.8 Å². The van der Waals surface area contributed by atoms with Gasteiger partial charge in [-0.25, -0.2) is 4.79 Å². The number of nitrogens with one attached hydrogen (secondary N) is 2. The maximum atomic E-state index is 12.2. The molecule has 0 fully saturated rings. The van der Waals surface area contributed by atoms with Crippen LogP contribution in [0.25, 0.3) is 11.1 Å². The smallest absolute Gasteiger partial charge is 0.407 e. The van der Waals surface area contributed by atoms with Gasteiger partial charge in [0.15, 0.2) is 0 Å². The third kappa shape index (κ3) is 6.29. The fraction of sp³-hybridized carbons (Fsp3) is 0.393. The molecule has 0 saturated heterocycles.